The second-order valence-electron chi connectivity index (χ2n) is 4.63. The van der Waals surface area contributed by atoms with Crippen molar-refractivity contribution in [3.05, 3.63) is 62.5 Å². The molecule has 0 saturated carbocycles. The zero-order chi connectivity index (χ0) is 14.1. The van der Waals surface area contributed by atoms with Gasteiger partial charge in [0.1, 0.15) is 0 Å². The number of nitrogens with zero attached hydrogens (tertiary/aromatic N) is 1. The second-order valence-corrected chi connectivity index (χ2v) is 7.39. The Morgan fingerprint density at radius 1 is 1.15 bits per heavy atom. The van der Waals surface area contributed by atoms with Crippen LogP contribution in [0.25, 0.3) is 0 Å². The van der Waals surface area contributed by atoms with E-state index < -0.39 is 0 Å². The molecule has 0 atom stereocenters. The van der Waals surface area contributed by atoms with Crippen molar-refractivity contribution in [3.63, 3.8) is 0 Å². The van der Waals surface area contributed by atoms with Crippen molar-refractivity contribution >= 4 is 40.8 Å². The van der Waals surface area contributed by atoms with Crippen LogP contribution in [-0.4, -0.2) is 11.5 Å². The van der Waals surface area contributed by atoms with Gasteiger partial charge in [-0.25, -0.2) is 0 Å². The van der Waals surface area contributed by atoms with Crippen LogP contribution in [0.15, 0.2) is 66.8 Å². The maximum atomic E-state index is 6.05. The summed E-state index contributed by atoms with van der Waals surface area (Å²) in [4.78, 5) is 8.57. The van der Waals surface area contributed by atoms with Crippen LogP contribution < -0.4 is 0 Å². The Kier molecular flexibility index (Phi) is 4.11. The van der Waals surface area contributed by atoms with Crippen molar-refractivity contribution in [1.29, 1.82) is 0 Å². The summed E-state index contributed by atoms with van der Waals surface area (Å²) in [6, 6.07) is 8.46. The average Bonchev–Trinajstić information content (AvgIpc) is 2.58. The predicted molar refractivity (Wildman–Crippen MR) is 91.7 cm³/mol. The summed E-state index contributed by atoms with van der Waals surface area (Å²) in [5.41, 5.74) is 3.36. The molecular weight excluding hydrogens is 306 g/mol. The van der Waals surface area contributed by atoms with Gasteiger partial charge in [0.05, 0.1) is 5.71 Å². The molecule has 2 aliphatic rings. The number of fused-ring (bicyclic) bond motifs is 1. The summed E-state index contributed by atoms with van der Waals surface area (Å²) in [5.74, 6) is 0.823. The number of rotatable bonds is 1. The summed E-state index contributed by atoms with van der Waals surface area (Å²) >= 11 is 9.60. The van der Waals surface area contributed by atoms with Gasteiger partial charge >= 0.3 is 0 Å². The van der Waals surface area contributed by atoms with E-state index in [1.54, 1.807) is 23.5 Å². The number of allylic oxidation sites excluding steroid dienone is 5. The highest BCUT2D eigenvalue weighted by atomic mass is 35.5. The number of thioether (sulfide) groups is 2. The van der Waals surface area contributed by atoms with Crippen LogP contribution in [0.5, 0.6) is 0 Å². The first kappa shape index (κ1) is 14.1. The number of benzene rings is 1. The number of hydrogen-bond acceptors (Lipinski definition) is 3. The molecule has 0 saturated heterocycles. The molecule has 0 amide bonds. The minimum Gasteiger partial charge on any atom is -0.251 e. The van der Waals surface area contributed by atoms with Gasteiger partial charge in [-0.3, -0.25) is 4.99 Å². The van der Waals surface area contributed by atoms with Gasteiger partial charge in [0.15, 0.2) is 0 Å². The van der Waals surface area contributed by atoms with Crippen molar-refractivity contribution in [2.24, 2.45) is 4.99 Å². The largest absolute Gasteiger partial charge is 0.251 e. The lowest BCUT2D eigenvalue weighted by atomic mass is 10.1. The highest BCUT2D eigenvalue weighted by Gasteiger charge is 2.20. The molecule has 0 bridgehead atoms. The summed E-state index contributed by atoms with van der Waals surface area (Å²) in [7, 11) is 0. The molecule has 2 aliphatic heterocycles. The summed E-state index contributed by atoms with van der Waals surface area (Å²) in [6.07, 6.45) is 4.05. The second kappa shape index (κ2) is 5.84. The van der Waals surface area contributed by atoms with E-state index in [2.05, 4.69) is 44.2 Å². The molecule has 0 unspecified atom stereocenters. The number of hydrogen-bond donors (Lipinski definition) is 0. The third-order valence-electron chi connectivity index (χ3n) is 3.21. The molecule has 3 rings (SSSR count). The quantitative estimate of drug-likeness (QED) is 0.669. The number of aliphatic imine (C=N–C) groups is 1. The normalized spacial score (nSPS) is 18.9. The lowest BCUT2D eigenvalue weighted by molar-refractivity contribution is 1.27. The Morgan fingerprint density at radius 3 is 2.70 bits per heavy atom. The molecule has 1 aromatic carbocycles. The minimum atomic E-state index is 0.823. The summed E-state index contributed by atoms with van der Waals surface area (Å²) in [6.45, 7) is 4.20. The Balaban J connectivity index is 2.15. The van der Waals surface area contributed by atoms with E-state index >= 15 is 0 Å². The van der Waals surface area contributed by atoms with E-state index in [0.717, 1.165) is 22.2 Å². The zero-order valence-electron chi connectivity index (χ0n) is 11.3. The van der Waals surface area contributed by atoms with Crippen LogP contribution in [0.3, 0.4) is 0 Å². The average molecular weight is 320 g/mol. The van der Waals surface area contributed by atoms with Gasteiger partial charge < -0.3 is 0 Å². The monoisotopic (exact) mass is 319 g/mol. The van der Waals surface area contributed by atoms with Crippen molar-refractivity contribution in [1.82, 2.24) is 0 Å². The predicted octanol–water partition coefficient (Wildman–Crippen LogP) is 5.59. The van der Waals surface area contributed by atoms with Crippen LogP contribution in [0.1, 0.15) is 19.4 Å². The van der Waals surface area contributed by atoms with Crippen molar-refractivity contribution < 1.29 is 0 Å². The zero-order valence-corrected chi connectivity index (χ0v) is 13.7. The first-order chi connectivity index (χ1) is 9.65. The Labute approximate surface area is 132 Å². The summed E-state index contributed by atoms with van der Waals surface area (Å²) in [5, 5.41) is 0.888. The van der Waals surface area contributed by atoms with Gasteiger partial charge in [0.2, 0.25) is 0 Å². The maximum absolute atomic E-state index is 6.05. The van der Waals surface area contributed by atoms with Crippen LogP contribution in [0.2, 0.25) is 0 Å². The Morgan fingerprint density at radius 2 is 1.95 bits per heavy atom. The standard InChI is InChI=1S/C16H14ClNS2/c1-10-11(2)20-14-6-4-3-5-13(14)16(18-10)15-8-7-12(17)9-19-15/h3-8H,9H2,1-2H3. The van der Waals surface area contributed by atoms with E-state index in [0.29, 0.717) is 0 Å². The van der Waals surface area contributed by atoms with Crippen LogP contribution in [-0.2, 0) is 0 Å². The molecule has 102 valence electrons. The van der Waals surface area contributed by atoms with Crippen LogP contribution in [0, 0.1) is 0 Å². The molecule has 20 heavy (non-hydrogen) atoms. The first-order valence-corrected chi connectivity index (χ1v) is 8.56. The lowest BCUT2D eigenvalue weighted by Crippen LogP contribution is -2.06. The molecule has 4 heteroatoms. The Bertz CT molecular complexity index is 683. The highest BCUT2D eigenvalue weighted by Crippen LogP contribution is 2.38. The van der Waals surface area contributed by atoms with Gasteiger partial charge in [-0.1, -0.05) is 41.6 Å². The third-order valence-corrected chi connectivity index (χ3v) is 5.90. The van der Waals surface area contributed by atoms with E-state index in [1.165, 1.54) is 20.3 Å². The molecule has 0 aromatic heterocycles. The highest BCUT2D eigenvalue weighted by molar-refractivity contribution is 8.04. The molecule has 0 aliphatic carbocycles. The van der Waals surface area contributed by atoms with Gasteiger partial charge in [0, 0.05) is 36.8 Å². The van der Waals surface area contributed by atoms with Gasteiger partial charge in [-0.05, 0) is 32.1 Å². The fourth-order valence-corrected chi connectivity index (χ4v) is 4.06. The molecule has 0 N–H and O–H groups in total. The fourth-order valence-electron chi connectivity index (χ4n) is 2.04. The Hall–Kier alpha value is -0.900. The third kappa shape index (κ3) is 2.76. The molecule has 0 spiro atoms. The van der Waals surface area contributed by atoms with Crippen molar-refractivity contribution in [2.45, 2.75) is 18.7 Å². The van der Waals surface area contributed by atoms with Gasteiger partial charge in [-0.2, -0.15) is 0 Å². The van der Waals surface area contributed by atoms with Crippen molar-refractivity contribution in [3.8, 4) is 0 Å². The molecular formula is C16H14ClNS2. The molecule has 0 radical (unpaired) electrons. The van der Waals surface area contributed by atoms with Crippen LogP contribution in [0.4, 0.5) is 0 Å². The SMILES string of the molecule is CC1=C(C)Sc2ccccc2C(C2=CC=C(Cl)CS2)=N1. The fraction of sp³-hybridized carbons (Fsp3) is 0.188. The topological polar surface area (TPSA) is 12.4 Å². The number of halogens is 1. The maximum Gasteiger partial charge on any atom is 0.0852 e. The smallest absolute Gasteiger partial charge is 0.0852 e. The first-order valence-electron chi connectivity index (χ1n) is 6.38. The van der Waals surface area contributed by atoms with Crippen molar-refractivity contribution in [2.75, 3.05) is 5.75 Å². The lowest BCUT2D eigenvalue weighted by Gasteiger charge is -2.14. The van der Waals surface area contributed by atoms with Crippen LogP contribution >= 0.6 is 35.1 Å². The minimum absolute atomic E-state index is 0.823. The van der Waals surface area contributed by atoms with E-state index in [9.17, 15) is 0 Å². The van der Waals surface area contributed by atoms with E-state index in [-0.39, 0.29) is 0 Å². The van der Waals surface area contributed by atoms with E-state index in [4.69, 9.17) is 16.6 Å². The van der Waals surface area contributed by atoms with E-state index in [1.807, 2.05) is 6.08 Å². The van der Waals surface area contributed by atoms with Gasteiger partial charge in [-0.15, -0.1) is 11.8 Å². The molecule has 1 aromatic rings. The molecule has 2 heterocycles. The summed E-state index contributed by atoms with van der Waals surface area (Å²) < 4.78 is 0. The molecule has 1 nitrogen and oxygen atoms in total. The van der Waals surface area contributed by atoms with Gasteiger partial charge in [0.25, 0.3) is 0 Å². The molecule has 0 fully saturated rings.